The zero-order chi connectivity index (χ0) is 19.3. The lowest BCUT2D eigenvalue weighted by Gasteiger charge is -2.22. The normalized spacial score (nSPS) is 11.1. The molecule has 26 heavy (non-hydrogen) atoms. The molecule has 0 bridgehead atoms. The molecule has 0 atom stereocenters. The molecule has 2 aromatic rings. The first-order valence-corrected chi connectivity index (χ1v) is 7.98. The van der Waals surface area contributed by atoms with Gasteiger partial charge in [0.05, 0.1) is 5.56 Å². The fraction of sp³-hybridized carbons (Fsp3) is 0.263. The molecule has 0 fully saturated rings. The van der Waals surface area contributed by atoms with Gasteiger partial charge in [-0.2, -0.15) is 13.2 Å². The second-order valence-electron chi connectivity index (χ2n) is 5.84. The molecule has 0 aliphatic heterocycles. The van der Waals surface area contributed by atoms with Gasteiger partial charge in [0.15, 0.2) is 0 Å². The molecular formula is C19H19F3N2O2. The molecule has 0 saturated carbocycles. The molecule has 0 spiro atoms. The number of carbonyl (C=O) groups is 2. The second-order valence-corrected chi connectivity index (χ2v) is 5.84. The minimum Gasteiger partial charge on any atom is -0.350 e. The molecule has 7 heteroatoms. The maximum Gasteiger partial charge on any atom is 0.416 e. The Bertz CT molecular complexity index is 803. The van der Waals surface area contributed by atoms with Crippen LogP contribution in [-0.4, -0.2) is 24.9 Å². The second kappa shape index (κ2) is 8.03. The maximum atomic E-state index is 12.9. The summed E-state index contributed by atoms with van der Waals surface area (Å²) in [5, 5.41) is 2.67. The summed E-state index contributed by atoms with van der Waals surface area (Å²) in [6.45, 7) is 3.31. The van der Waals surface area contributed by atoms with E-state index >= 15 is 0 Å². The van der Waals surface area contributed by atoms with Crippen molar-refractivity contribution >= 4 is 17.5 Å². The minimum atomic E-state index is -4.49. The molecule has 4 nitrogen and oxygen atoms in total. The maximum absolute atomic E-state index is 12.9. The van der Waals surface area contributed by atoms with Crippen molar-refractivity contribution in [2.45, 2.75) is 20.0 Å². The molecular weight excluding hydrogens is 345 g/mol. The highest BCUT2D eigenvalue weighted by molar-refractivity contribution is 5.95. The predicted molar refractivity (Wildman–Crippen MR) is 93.0 cm³/mol. The number of amides is 2. The van der Waals surface area contributed by atoms with Crippen molar-refractivity contribution in [1.82, 2.24) is 5.32 Å². The molecule has 2 aromatic carbocycles. The van der Waals surface area contributed by atoms with Gasteiger partial charge >= 0.3 is 6.18 Å². The summed E-state index contributed by atoms with van der Waals surface area (Å²) < 4.78 is 38.6. The predicted octanol–water partition coefficient (Wildman–Crippen LogP) is 3.80. The summed E-state index contributed by atoms with van der Waals surface area (Å²) in [5.41, 5.74) is 0.729. The van der Waals surface area contributed by atoms with Crippen molar-refractivity contribution in [1.29, 1.82) is 0 Å². The van der Waals surface area contributed by atoms with Crippen molar-refractivity contribution in [2.75, 3.05) is 18.0 Å². The molecule has 0 saturated heterocycles. The van der Waals surface area contributed by atoms with Crippen LogP contribution in [0, 0.1) is 6.92 Å². The van der Waals surface area contributed by atoms with Gasteiger partial charge in [-0.05, 0) is 37.3 Å². The summed E-state index contributed by atoms with van der Waals surface area (Å²) >= 11 is 0. The number of alkyl halides is 3. The fourth-order valence-corrected chi connectivity index (χ4v) is 2.49. The van der Waals surface area contributed by atoms with Gasteiger partial charge in [-0.3, -0.25) is 9.59 Å². The first kappa shape index (κ1) is 19.5. The van der Waals surface area contributed by atoms with Crippen LogP contribution >= 0.6 is 0 Å². The van der Waals surface area contributed by atoms with Crippen molar-refractivity contribution < 1.29 is 22.8 Å². The molecule has 0 aliphatic carbocycles. The Morgan fingerprint density at radius 1 is 1.08 bits per heavy atom. The van der Waals surface area contributed by atoms with E-state index in [1.165, 1.54) is 24.0 Å². The number of hydrogen-bond acceptors (Lipinski definition) is 2. The number of hydrogen-bond donors (Lipinski definition) is 1. The largest absolute Gasteiger partial charge is 0.416 e. The highest BCUT2D eigenvalue weighted by Crippen LogP contribution is 2.31. The number of halogens is 3. The van der Waals surface area contributed by atoms with Crippen LogP contribution in [0.3, 0.4) is 0 Å². The number of rotatable bonds is 5. The van der Waals surface area contributed by atoms with E-state index in [0.29, 0.717) is 5.56 Å². The molecule has 0 aliphatic rings. The van der Waals surface area contributed by atoms with E-state index in [4.69, 9.17) is 0 Å². The van der Waals surface area contributed by atoms with Gasteiger partial charge in [0.1, 0.15) is 0 Å². The van der Waals surface area contributed by atoms with Crippen LogP contribution in [0.5, 0.6) is 0 Å². The molecule has 0 heterocycles. The monoisotopic (exact) mass is 364 g/mol. The van der Waals surface area contributed by atoms with Gasteiger partial charge in [0.25, 0.3) is 5.91 Å². The van der Waals surface area contributed by atoms with Gasteiger partial charge < -0.3 is 10.2 Å². The number of carbonyl (C=O) groups excluding carboxylic acids is 2. The molecule has 2 rings (SSSR count). The standard InChI is InChI=1S/C19H19F3N2O2/c1-13-5-3-6-15(11-13)18(26)23-9-10-24(14(2)25)17-8-4-7-16(12-17)19(20,21)22/h3-8,11-12H,9-10H2,1-2H3,(H,23,26). The Morgan fingerprint density at radius 3 is 2.38 bits per heavy atom. The van der Waals surface area contributed by atoms with E-state index in [-0.39, 0.29) is 24.7 Å². The van der Waals surface area contributed by atoms with Crippen molar-refractivity contribution in [3.05, 3.63) is 65.2 Å². The van der Waals surface area contributed by atoms with E-state index < -0.39 is 17.6 Å². The number of benzene rings is 2. The van der Waals surface area contributed by atoms with Gasteiger partial charge in [-0.25, -0.2) is 0 Å². The third kappa shape index (κ3) is 5.08. The number of nitrogens with zero attached hydrogens (tertiary/aromatic N) is 1. The lowest BCUT2D eigenvalue weighted by Crippen LogP contribution is -2.37. The zero-order valence-electron chi connectivity index (χ0n) is 14.4. The van der Waals surface area contributed by atoms with Crippen LogP contribution in [-0.2, 0) is 11.0 Å². The van der Waals surface area contributed by atoms with E-state index in [9.17, 15) is 22.8 Å². The van der Waals surface area contributed by atoms with E-state index in [1.54, 1.807) is 18.2 Å². The Balaban J connectivity index is 2.05. The lowest BCUT2D eigenvalue weighted by atomic mass is 10.1. The molecule has 2 amide bonds. The SMILES string of the molecule is CC(=O)N(CCNC(=O)c1cccc(C)c1)c1cccc(C(F)(F)F)c1. The summed E-state index contributed by atoms with van der Waals surface area (Å²) in [6, 6.07) is 11.6. The van der Waals surface area contributed by atoms with Crippen LogP contribution in [0.4, 0.5) is 18.9 Å². The molecule has 1 N–H and O–H groups in total. The molecule has 0 unspecified atom stereocenters. The van der Waals surface area contributed by atoms with Crippen LogP contribution < -0.4 is 10.2 Å². The fourth-order valence-electron chi connectivity index (χ4n) is 2.49. The lowest BCUT2D eigenvalue weighted by molar-refractivity contribution is -0.137. The Morgan fingerprint density at radius 2 is 1.77 bits per heavy atom. The number of nitrogens with one attached hydrogen (secondary N) is 1. The first-order chi connectivity index (χ1) is 12.2. The van der Waals surface area contributed by atoms with Crippen LogP contribution in [0.15, 0.2) is 48.5 Å². The van der Waals surface area contributed by atoms with Gasteiger partial charge in [0, 0.05) is 31.3 Å². The summed E-state index contributed by atoms with van der Waals surface area (Å²) in [6.07, 6.45) is -4.49. The highest BCUT2D eigenvalue weighted by atomic mass is 19.4. The van der Waals surface area contributed by atoms with Gasteiger partial charge in [0.2, 0.25) is 5.91 Å². The summed E-state index contributed by atoms with van der Waals surface area (Å²) in [5.74, 6) is -0.713. The first-order valence-electron chi connectivity index (χ1n) is 7.98. The third-order valence-corrected chi connectivity index (χ3v) is 3.77. The topological polar surface area (TPSA) is 49.4 Å². The average molecular weight is 364 g/mol. The van der Waals surface area contributed by atoms with Crippen molar-refractivity contribution in [3.63, 3.8) is 0 Å². The van der Waals surface area contributed by atoms with Crippen molar-refractivity contribution in [3.8, 4) is 0 Å². The van der Waals surface area contributed by atoms with Crippen LogP contribution in [0.1, 0.15) is 28.4 Å². The third-order valence-electron chi connectivity index (χ3n) is 3.77. The van der Waals surface area contributed by atoms with Gasteiger partial charge in [-0.1, -0.05) is 23.8 Å². The number of aryl methyl sites for hydroxylation is 1. The Hall–Kier alpha value is -2.83. The minimum absolute atomic E-state index is 0.0637. The Kier molecular flexibility index (Phi) is 6.02. The van der Waals surface area contributed by atoms with Crippen LogP contribution in [0.2, 0.25) is 0 Å². The average Bonchev–Trinajstić information content (AvgIpc) is 2.57. The van der Waals surface area contributed by atoms with E-state index in [2.05, 4.69) is 5.32 Å². The van der Waals surface area contributed by atoms with Crippen LogP contribution in [0.25, 0.3) is 0 Å². The smallest absolute Gasteiger partial charge is 0.350 e. The quantitative estimate of drug-likeness (QED) is 0.877. The zero-order valence-corrected chi connectivity index (χ0v) is 14.4. The Labute approximate surface area is 149 Å². The molecule has 0 radical (unpaired) electrons. The highest BCUT2D eigenvalue weighted by Gasteiger charge is 2.31. The summed E-state index contributed by atoms with van der Waals surface area (Å²) in [7, 11) is 0. The summed E-state index contributed by atoms with van der Waals surface area (Å²) in [4.78, 5) is 25.1. The van der Waals surface area contributed by atoms with Crippen molar-refractivity contribution in [2.24, 2.45) is 0 Å². The van der Waals surface area contributed by atoms with E-state index in [1.807, 2.05) is 13.0 Å². The molecule has 138 valence electrons. The van der Waals surface area contributed by atoms with Gasteiger partial charge in [-0.15, -0.1) is 0 Å². The number of anilines is 1. The van der Waals surface area contributed by atoms with E-state index in [0.717, 1.165) is 17.7 Å². The molecule has 0 aromatic heterocycles.